The van der Waals surface area contributed by atoms with Gasteiger partial charge in [0.1, 0.15) is 6.04 Å². The molecule has 0 aliphatic heterocycles. The van der Waals surface area contributed by atoms with Gasteiger partial charge in [-0.25, -0.2) is 0 Å². The van der Waals surface area contributed by atoms with Crippen LogP contribution in [0.1, 0.15) is 64.5 Å². The number of unbranched alkanes of at least 4 members (excludes halogenated alkanes) is 1. The minimum atomic E-state index is -0.508. The predicted octanol–water partition coefficient (Wildman–Crippen LogP) is 2.93. The number of aryl methyl sites for hydroxylation is 1. The summed E-state index contributed by atoms with van der Waals surface area (Å²) in [6, 6.07) is 7.32. The molecule has 0 spiro atoms. The van der Waals surface area contributed by atoms with Crippen LogP contribution in [-0.4, -0.2) is 44.5 Å². The van der Waals surface area contributed by atoms with E-state index in [0.717, 1.165) is 30.5 Å². The SMILES string of the molecule is CC.CCC.CNCCCC[C@@H](NC(=O)Cc1ccc(C)cc1)C(=O)NCCN. The van der Waals surface area contributed by atoms with Crippen LogP contribution in [0.15, 0.2) is 24.3 Å². The molecule has 29 heavy (non-hydrogen) atoms. The number of nitrogens with one attached hydrogen (secondary N) is 3. The highest BCUT2D eigenvalue weighted by Gasteiger charge is 2.20. The summed E-state index contributed by atoms with van der Waals surface area (Å²) in [6.45, 7) is 12.0. The first-order chi connectivity index (χ1) is 14.0. The van der Waals surface area contributed by atoms with Crippen molar-refractivity contribution in [2.75, 3.05) is 26.7 Å². The van der Waals surface area contributed by atoms with Crippen LogP contribution in [0.2, 0.25) is 0 Å². The van der Waals surface area contributed by atoms with Crippen molar-refractivity contribution < 1.29 is 9.59 Å². The Morgan fingerprint density at radius 3 is 2.14 bits per heavy atom. The fourth-order valence-electron chi connectivity index (χ4n) is 2.37. The van der Waals surface area contributed by atoms with E-state index in [9.17, 15) is 9.59 Å². The van der Waals surface area contributed by atoms with Crippen LogP contribution in [0.3, 0.4) is 0 Å². The van der Waals surface area contributed by atoms with Gasteiger partial charge in [-0.3, -0.25) is 9.59 Å². The molecule has 0 heterocycles. The number of hydrogen-bond acceptors (Lipinski definition) is 4. The van der Waals surface area contributed by atoms with E-state index in [1.165, 1.54) is 6.42 Å². The summed E-state index contributed by atoms with van der Waals surface area (Å²) in [6.07, 6.45) is 3.98. The van der Waals surface area contributed by atoms with Crippen LogP contribution in [0.4, 0.5) is 0 Å². The van der Waals surface area contributed by atoms with E-state index >= 15 is 0 Å². The Hall–Kier alpha value is -1.92. The fourth-order valence-corrected chi connectivity index (χ4v) is 2.37. The zero-order chi connectivity index (χ0) is 22.5. The van der Waals surface area contributed by atoms with Gasteiger partial charge in [0.15, 0.2) is 0 Å². The molecule has 1 atom stereocenters. The third-order valence-corrected chi connectivity index (χ3v) is 3.75. The third-order valence-electron chi connectivity index (χ3n) is 3.75. The average molecular weight is 409 g/mol. The molecule has 0 aromatic heterocycles. The maximum atomic E-state index is 12.2. The van der Waals surface area contributed by atoms with Crippen molar-refractivity contribution in [3.05, 3.63) is 35.4 Å². The summed E-state index contributed by atoms with van der Waals surface area (Å²) in [7, 11) is 1.90. The Morgan fingerprint density at radius 1 is 1.03 bits per heavy atom. The van der Waals surface area contributed by atoms with Crippen molar-refractivity contribution in [2.24, 2.45) is 5.73 Å². The molecule has 0 fully saturated rings. The number of amides is 2. The molecule has 2 amide bonds. The summed E-state index contributed by atoms with van der Waals surface area (Å²) in [5.41, 5.74) is 7.52. The van der Waals surface area contributed by atoms with Crippen molar-refractivity contribution in [3.63, 3.8) is 0 Å². The first-order valence-corrected chi connectivity index (χ1v) is 11.0. The van der Waals surface area contributed by atoms with Crippen molar-refractivity contribution in [1.82, 2.24) is 16.0 Å². The van der Waals surface area contributed by atoms with Crippen LogP contribution in [0, 0.1) is 6.92 Å². The van der Waals surface area contributed by atoms with Crippen molar-refractivity contribution >= 4 is 11.8 Å². The predicted molar refractivity (Wildman–Crippen MR) is 124 cm³/mol. The van der Waals surface area contributed by atoms with Gasteiger partial charge >= 0.3 is 0 Å². The highest BCUT2D eigenvalue weighted by molar-refractivity contribution is 5.88. The summed E-state index contributed by atoms with van der Waals surface area (Å²) >= 11 is 0. The molecule has 0 aliphatic rings. The Morgan fingerprint density at radius 2 is 1.62 bits per heavy atom. The Kier molecular flexibility index (Phi) is 21.0. The van der Waals surface area contributed by atoms with Gasteiger partial charge in [0.25, 0.3) is 0 Å². The molecule has 0 saturated carbocycles. The Labute approximate surface area is 178 Å². The first-order valence-electron chi connectivity index (χ1n) is 11.0. The highest BCUT2D eigenvalue weighted by Crippen LogP contribution is 2.06. The average Bonchev–Trinajstić information content (AvgIpc) is 2.72. The lowest BCUT2D eigenvalue weighted by Crippen LogP contribution is -2.48. The van der Waals surface area contributed by atoms with E-state index in [1.54, 1.807) is 0 Å². The van der Waals surface area contributed by atoms with Gasteiger partial charge in [-0.15, -0.1) is 0 Å². The molecule has 6 nitrogen and oxygen atoms in total. The maximum Gasteiger partial charge on any atom is 0.242 e. The molecule has 1 aromatic rings. The maximum absolute atomic E-state index is 12.2. The zero-order valence-corrected chi connectivity index (χ0v) is 19.4. The molecule has 0 bridgehead atoms. The van der Waals surface area contributed by atoms with Gasteiger partial charge in [0, 0.05) is 13.1 Å². The van der Waals surface area contributed by atoms with Crippen molar-refractivity contribution in [2.45, 2.75) is 72.8 Å². The second-order valence-corrected chi connectivity index (χ2v) is 6.67. The van der Waals surface area contributed by atoms with Crippen molar-refractivity contribution in [1.29, 1.82) is 0 Å². The van der Waals surface area contributed by atoms with Crippen molar-refractivity contribution in [3.8, 4) is 0 Å². The molecule has 0 saturated heterocycles. The molecule has 6 heteroatoms. The third kappa shape index (κ3) is 16.7. The second-order valence-electron chi connectivity index (χ2n) is 6.67. The molecular formula is C23H44N4O2. The highest BCUT2D eigenvalue weighted by atomic mass is 16.2. The number of benzene rings is 1. The summed E-state index contributed by atoms with van der Waals surface area (Å²) in [4.78, 5) is 24.4. The van der Waals surface area contributed by atoms with Gasteiger partial charge in [-0.05, 0) is 45.3 Å². The summed E-state index contributed by atoms with van der Waals surface area (Å²) in [5, 5.41) is 8.69. The zero-order valence-electron chi connectivity index (χ0n) is 19.4. The number of hydrogen-bond donors (Lipinski definition) is 4. The smallest absolute Gasteiger partial charge is 0.242 e. The standard InChI is InChI=1S/C18H30N4O2.C3H8.C2H6/c1-14-6-8-15(9-7-14)13-17(23)22-16(5-3-4-11-20-2)18(24)21-12-10-19;1-3-2;1-2/h6-9,16,20H,3-5,10-13,19H2,1-2H3,(H,21,24)(H,22,23);3H2,1-2H3;1-2H3/t16-;;/m1../s1. The van der Waals surface area contributed by atoms with Crippen LogP contribution in [-0.2, 0) is 16.0 Å². The largest absolute Gasteiger partial charge is 0.353 e. The normalized spacial score (nSPS) is 10.6. The molecule has 1 aromatic carbocycles. The molecule has 5 N–H and O–H groups in total. The van der Waals surface area contributed by atoms with Crippen LogP contribution < -0.4 is 21.7 Å². The van der Waals surface area contributed by atoms with E-state index in [1.807, 2.05) is 52.1 Å². The lowest BCUT2D eigenvalue weighted by Gasteiger charge is -2.18. The van der Waals surface area contributed by atoms with E-state index in [-0.39, 0.29) is 18.2 Å². The van der Waals surface area contributed by atoms with Crippen LogP contribution >= 0.6 is 0 Å². The van der Waals surface area contributed by atoms with Gasteiger partial charge in [-0.1, -0.05) is 63.9 Å². The van der Waals surface area contributed by atoms with Gasteiger partial charge in [-0.2, -0.15) is 0 Å². The summed E-state index contributed by atoms with van der Waals surface area (Å²) < 4.78 is 0. The lowest BCUT2D eigenvalue weighted by molar-refractivity contribution is -0.128. The monoisotopic (exact) mass is 408 g/mol. The molecular weight excluding hydrogens is 364 g/mol. The molecule has 168 valence electrons. The van der Waals surface area contributed by atoms with Gasteiger partial charge in [0.2, 0.25) is 11.8 Å². The van der Waals surface area contributed by atoms with E-state index in [0.29, 0.717) is 19.5 Å². The van der Waals surface area contributed by atoms with Crippen LogP contribution in [0.25, 0.3) is 0 Å². The minimum absolute atomic E-state index is 0.139. The Balaban J connectivity index is 0. The number of carbonyl (C=O) groups excluding carboxylic acids is 2. The lowest BCUT2D eigenvalue weighted by atomic mass is 10.1. The molecule has 0 radical (unpaired) electrons. The van der Waals surface area contributed by atoms with E-state index in [2.05, 4.69) is 29.8 Å². The Bertz CT molecular complexity index is 518. The fraction of sp³-hybridized carbons (Fsp3) is 0.652. The van der Waals surface area contributed by atoms with E-state index < -0.39 is 6.04 Å². The van der Waals surface area contributed by atoms with Crippen LogP contribution in [0.5, 0.6) is 0 Å². The second kappa shape index (κ2) is 20.8. The van der Waals surface area contributed by atoms with E-state index in [4.69, 9.17) is 5.73 Å². The minimum Gasteiger partial charge on any atom is -0.353 e. The number of rotatable bonds is 11. The molecule has 1 rings (SSSR count). The van der Waals surface area contributed by atoms with Gasteiger partial charge < -0.3 is 21.7 Å². The quantitative estimate of drug-likeness (QED) is 0.423. The molecule has 0 aliphatic carbocycles. The first kappa shape index (κ1) is 29.3. The molecule has 0 unspecified atom stereocenters. The topological polar surface area (TPSA) is 96.2 Å². The number of nitrogens with two attached hydrogens (primary N) is 1. The van der Waals surface area contributed by atoms with Gasteiger partial charge in [0.05, 0.1) is 6.42 Å². The summed E-state index contributed by atoms with van der Waals surface area (Å²) in [5.74, 6) is -0.303. The number of carbonyl (C=O) groups is 2.